The maximum atomic E-state index is 11.2. The lowest BCUT2D eigenvalue weighted by Crippen LogP contribution is -1.96. The zero-order chi connectivity index (χ0) is 15.7. The molecule has 0 amide bonds. The van der Waals surface area contributed by atoms with Gasteiger partial charge in [0.2, 0.25) is 5.28 Å². The molecule has 0 saturated carbocycles. The summed E-state index contributed by atoms with van der Waals surface area (Å²) in [5, 5.41) is 1.12. The Hall–Kier alpha value is -2.17. The molecule has 0 aliphatic carbocycles. The molecule has 0 N–H and O–H groups in total. The molecular formula is C16H10Cl2N2O2. The Bertz CT molecular complexity index is 864. The zero-order valence-corrected chi connectivity index (χ0v) is 13.0. The summed E-state index contributed by atoms with van der Waals surface area (Å²) in [7, 11) is 1.60. The molecule has 1 heterocycles. The minimum atomic E-state index is 0.0590. The Morgan fingerprint density at radius 3 is 2.41 bits per heavy atom. The van der Waals surface area contributed by atoms with Gasteiger partial charge >= 0.3 is 0 Å². The van der Waals surface area contributed by atoms with E-state index in [4.69, 9.17) is 27.9 Å². The van der Waals surface area contributed by atoms with Crippen molar-refractivity contribution in [1.82, 2.24) is 9.97 Å². The van der Waals surface area contributed by atoms with Gasteiger partial charge in [-0.2, -0.15) is 0 Å². The molecule has 3 rings (SSSR count). The van der Waals surface area contributed by atoms with Gasteiger partial charge in [-0.05, 0) is 48.0 Å². The van der Waals surface area contributed by atoms with Crippen molar-refractivity contribution in [1.29, 1.82) is 0 Å². The molecule has 0 spiro atoms. The molecule has 2 aromatic carbocycles. The van der Waals surface area contributed by atoms with E-state index in [0.29, 0.717) is 27.2 Å². The third-order valence-corrected chi connectivity index (χ3v) is 3.78. The van der Waals surface area contributed by atoms with Crippen LogP contribution in [-0.4, -0.2) is 23.4 Å². The lowest BCUT2D eigenvalue weighted by Gasteiger charge is -2.10. The van der Waals surface area contributed by atoms with Crippen molar-refractivity contribution in [3.05, 3.63) is 52.3 Å². The van der Waals surface area contributed by atoms with Gasteiger partial charge in [-0.25, -0.2) is 9.97 Å². The number of carbonyl (C=O) groups is 1. The normalized spacial score (nSPS) is 10.7. The fraction of sp³-hybridized carbons (Fsp3) is 0.0625. The molecule has 22 heavy (non-hydrogen) atoms. The molecule has 0 atom stereocenters. The number of methoxy groups -OCH3 is 1. The average Bonchev–Trinajstić information content (AvgIpc) is 2.54. The number of rotatable bonds is 3. The molecule has 0 saturated heterocycles. The highest BCUT2D eigenvalue weighted by Gasteiger charge is 2.15. The van der Waals surface area contributed by atoms with E-state index in [9.17, 15) is 4.79 Å². The number of carbonyl (C=O) groups excluding carboxylic acids is 1. The van der Waals surface area contributed by atoms with Crippen LogP contribution >= 0.6 is 23.2 Å². The maximum absolute atomic E-state index is 11.2. The Morgan fingerprint density at radius 1 is 1.05 bits per heavy atom. The molecule has 110 valence electrons. The van der Waals surface area contributed by atoms with Crippen molar-refractivity contribution in [2.75, 3.05) is 7.11 Å². The van der Waals surface area contributed by atoms with Crippen molar-refractivity contribution >= 4 is 40.4 Å². The van der Waals surface area contributed by atoms with Crippen LogP contribution in [0.5, 0.6) is 5.75 Å². The number of ether oxygens (including phenoxy) is 1. The highest BCUT2D eigenvalue weighted by Crippen LogP contribution is 2.34. The smallest absolute Gasteiger partial charge is 0.223 e. The molecule has 3 aromatic rings. The van der Waals surface area contributed by atoms with Gasteiger partial charge in [0.05, 0.1) is 23.3 Å². The summed E-state index contributed by atoms with van der Waals surface area (Å²) in [6, 6.07) is 10.6. The number of benzene rings is 2. The SMILES string of the molecule is COc1ccc(-c2nc(Cl)nc3c(C=O)ccc(Cl)c23)cc1. The first kappa shape index (κ1) is 14.8. The Labute approximate surface area is 136 Å². The third kappa shape index (κ3) is 2.51. The van der Waals surface area contributed by atoms with E-state index in [1.807, 2.05) is 24.3 Å². The predicted octanol–water partition coefficient (Wildman–Crippen LogP) is 4.42. The minimum Gasteiger partial charge on any atom is -0.497 e. The molecule has 0 bridgehead atoms. The molecule has 6 heteroatoms. The lowest BCUT2D eigenvalue weighted by atomic mass is 10.0. The third-order valence-electron chi connectivity index (χ3n) is 3.29. The second-order valence-corrected chi connectivity index (χ2v) is 5.29. The van der Waals surface area contributed by atoms with Crippen LogP contribution in [0.2, 0.25) is 10.3 Å². The zero-order valence-electron chi connectivity index (χ0n) is 11.5. The van der Waals surface area contributed by atoms with Crippen LogP contribution in [0.4, 0.5) is 0 Å². The second-order valence-electron chi connectivity index (χ2n) is 4.55. The number of hydrogen-bond acceptors (Lipinski definition) is 4. The summed E-state index contributed by atoms with van der Waals surface area (Å²) in [5.41, 5.74) is 2.23. The molecule has 0 aliphatic heterocycles. The second kappa shape index (κ2) is 5.91. The minimum absolute atomic E-state index is 0.0590. The number of fused-ring (bicyclic) bond motifs is 1. The van der Waals surface area contributed by atoms with E-state index in [1.54, 1.807) is 19.2 Å². The van der Waals surface area contributed by atoms with E-state index in [2.05, 4.69) is 9.97 Å². The molecule has 0 fully saturated rings. The molecule has 0 unspecified atom stereocenters. The Kier molecular flexibility index (Phi) is 3.96. The molecule has 0 aliphatic rings. The number of nitrogens with zero attached hydrogens (tertiary/aromatic N) is 2. The van der Waals surface area contributed by atoms with E-state index in [1.165, 1.54) is 0 Å². The largest absolute Gasteiger partial charge is 0.497 e. The quantitative estimate of drug-likeness (QED) is 0.526. The van der Waals surface area contributed by atoms with Gasteiger partial charge in [0.15, 0.2) is 6.29 Å². The van der Waals surface area contributed by atoms with E-state index >= 15 is 0 Å². The first-order chi connectivity index (χ1) is 10.6. The molecule has 0 radical (unpaired) electrons. The van der Waals surface area contributed by atoms with E-state index in [0.717, 1.165) is 17.6 Å². The van der Waals surface area contributed by atoms with Crippen LogP contribution in [0.15, 0.2) is 36.4 Å². The highest BCUT2D eigenvalue weighted by atomic mass is 35.5. The number of halogens is 2. The fourth-order valence-electron chi connectivity index (χ4n) is 2.25. The van der Waals surface area contributed by atoms with Gasteiger partial charge in [0.25, 0.3) is 0 Å². The number of aromatic nitrogens is 2. The van der Waals surface area contributed by atoms with E-state index < -0.39 is 0 Å². The van der Waals surface area contributed by atoms with Gasteiger partial charge in [-0.15, -0.1) is 0 Å². The summed E-state index contributed by atoms with van der Waals surface area (Å²) < 4.78 is 5.15. The standard InChI is InChI=1S/C16H10Cl2N2O2/c1-22-11-5-2-9(3-6-11)14-13-12(17)7-4-10(8-21)15(13)20-16(18)19-14/h2-8H,1H3. The van der Waals surface area contributed by atoms with Crippen LogP contribution in [0.3, 0.4) is 0 Å². The van der Waals surface area contributed by atoms with Gasteiger partial charge in [-0.1, -0.05) is 11.6 Å². The van der Waals surface area contributed by atoms with Crippen molar-refractivity contribution in [3.8, 4) is 17.0 Å². The van der Waals surface area contributed by atoms with Crippen LogP contribution < -0.4 is 4.74 Å². The highest BCUT2D eigenvalue weighted by molar-refractivity contribution is 6.37. The van der Waals surface area contributed by atoms with Gasteiger partial charge in [-0.3, -0.25) is 4.79 Å². The number of aldehydes is 1. The summed E-state index contributed by atoms with van der Waals surface area (Å²) in [4.78, 5) is 19.6. The Balaban J connectivity index is 2.34. The summed E-state index contributed by atoms with van der Waals surface area (Å²) in [6.07, 6.45) is 0.722. The fourth-order valence-corrected chi connectivity index (χ4v) is 2.66. The molecule has 1 aromatic heterocycles. The first-order valence-corrected chi connectivity index (χ1v) is 7.15. The van der Waals surface area contributed by atoms with E-state index in [-0.39, 0.29) is 5.28 Å². The lowest BCUT2D eigenvalue weighted by molar-refractivity contribution is 0.112. The monoisotopic (exact) mass is 332 g/mol. The van der Waals surface area contributed by atoms with Crippen molar-refractivity contribution in [2.45, 2.75) is 0 Å². The van der Waals surface area contributed by atoms with Crippen LogP contribution in [0.1, 0.15) is 10.4 Å². The van der Waals surface area contributed by atoms with Gasteiger partial charge in [0, 0.05) is 16.5 Å². The number of hydrogen-bond donors (Lipinski definition) is 0. The van der Waals surface area contributed by atoms with Crippen LogP contribution in [0, 0.1) is 0 Å². The van der Waals surface area contributed by atoms with Crippen molar-refractivity contribution in [2.24, 2.45) is 0 Å². The maximum Gasteiger partial charge on any atom is 0.223 e. The summed E-state index contributed by atoms with van der Waals surface area (Å²) >= 11 is 12.3. The van der Waals surface area contributed by atoms with Crippen molar-refractivity contribution < 1.29 is 9.53 Å². The molecular weight excluding hydrogens is 323 g/mol. The van der Waals surface area contributed by atoms with Crippen LogP contribution in [-0.2, 0) is 0 Å². The van der Waals surface area contributed by atoms with Crippen LogP contribution in [0.25, 0.3) is 22.2 Å². The molecule has 4 nitrogen and oxygen atoms in total. The topological polar surface area (TPSA) is 52.1 Å². The predicted molar refractivity (Wildman–Crippen MR) is 86.9 cm³/mol. The average molecular weight is 333 g/mol. The van der Waals surface area contributed by atoms with Crippen molar-refractivity contribution in [3.63, 3.8) is 0 Å². The summed E-state index contributed by atoms with van der Waals surface area (Å²) in [5.74, 6) is 0.730. The van der Waals surface area contributed by atoms with Gasteiger partial charge in [0.1, 0.15) is 5.75 Å². The van der Waals surface area contributed by atoms with Gasteiger partial charge < -0.3 is 4.74 Å². The summed E-state index contributed by atoms with van der Waals surface area (Å²) in [6.45, 7) is 0. The Morgan fingerprint density at radius 2 is 1.77 bits per heavy atom. The first-order valence-electron chi connectivity index (χ1n) is 6.39.